The monoisotopic (exact) mass is 380 g/mol. The molecule has 7 heteroatoms. The highest BCUT2D eigenvalue weighted by atomic mass is 35.5. The predicted octanol–water partition coefficient (Wildman–Crippen LogP) is 2.65. The third-order valence-electron chi connectivity index (χ3n) is 4.07. The maximum absolute atomic E-state index is 12.4. The fourth-order valence-corrected chi connectivity index (χ4v) is 2.93. The van der Waals surface area contributed by atoms with Gasteiger partial charge in [-0.1, -0.05) is 11.6 Å². The first-order valence-electron chi connectivity index (χ1n) is 8.68. The van der Waals surface area contributed by atoms with Crippen LogP contribution in [0.2, 0.25) is 5.02 Å². The Labute approximate surface area is 158 Å². The van der Waals surface area contributed by atoms with Crippen LogP contribution in [-0.2, 0) is 14.3 Å². The van der Waals surface area contributed by atoms with E-state index in [0.29, 0.717) is 36.5 Å². The van der Waals surface area contributed by atoms with E-state index >= 15 is 0 Å². The second-order valence-electron chi connectivity index (χ2n) is 7.48. The van der Waals surface area contributed by atoms with Gasteiger partial charge in [0, 0.05) is 29.2 Å². The van der Waals surface area contributed by atoms with Gasteiger partial charge in [0.15, 0.2) is 6.61 Å². The molecular weight excluding hydrogens is 356 g/mol. The lowest BCUT2D eigenvalue weighted by atomic mass is 9.96. The number of esters is 1. The molecule has 1 aliphatic heterocycles. The molecule has 0 unspecified atom stereocenters. The van der Waals surface area contributed by atoms with Crippen LogP contribution in [0.15, 0.2) is 24.3 Å². The molecule has 0 radical (unpaired) electrons. The molecule has 2 amide bonds. The van der Waals surface area contributed by atoms with Crippen LogP contribution in [-0.4, -0.2) is 47.9 Å². The minimum atomic E-state index is -0.382. The van der Waals surface area contributed by atoms with E-state index in [4.69, 9.17) is 16.3 Å². The summed E-state index contributed by atoms with van der Waals surface area (Å²) < 4.78 is 5.11. The van der Waals surface area contributed by atoms with Crippen molar-refractivity contribution >= 4 is 29.4 Å². The van der Waals surface area contributed by atoms with Crippen LogP contribution in [0.25, 0.3) is 0 Å². The molecule has 0 aromatic heterocycles. The summed E-state index contributed by atoms with van der Waals surface area (Å²) in [6, 6.07) is 6.75. The molecule has 0 saturated carbocycles. The van der Waals surface area contributed by atoms with Gasteiger partial charge < -0.3 is 15.0 Å². The van der Waals surface area contributed by atoms with E-state index < -0.39 is 0 Å². The summed E-state index contributed by atoms with van der Waals surface area (Å²) in [4.78, 5) is 38.0. The van der Waals surface area contributed by atoms with Crippen molar-refractivity contribution in [1.82, 2.24) is 10.2 Å². The number of amides is 2. The quantitative estimate of drug-likeness (QED) is 0.815. The summed E-state index contributed by atoms with van der Waals surface area (Å²) in [5.41, 5.74) is 0.214. The average molecular weight is 381 g/mol. The van der Waals surface area contributed by atoms with Gasteiger partial charge >= 0.3 is 5.97 Å². The van der Waals surface area contributed by atoms with E-state index in [0.717, 1.165) is 0 Å². The number of rotatable bonds is 4. The molecule has 1 aromatic carbocycles. The minimum Gasteiger partial charge on any atom is -0.455 e. The number of nitrogens with one attached hydrogen (secondary N) is 1. The smallest absolute Gasteiger partial charge is 0.309 e. The van der Waals surface area contributed by atoms with E-state index in [9.17, 15) is 14.4 Å². The normalized spacial score (nSPS) is 15.5. The second-order valence-corrected chi connectivity index (χ2v) is 7.92. The SMILES string of the molecule is CC(C)(C)NC(=O)COC(=O)C1CCN(C(=O)c2ccc(Cl)cc2)CC1. The van der Waals surface area contributed by atoms with Crippen molar-refractivity contribution in [3.8, 4) is 0 Å². The lowest BCUT2D eigenvalue weighted by Gasteiger charge is -2.31. The highest BCUT2D eigenvalue weighted by Crippen LogP contribution is 2.21. The molecule has 1 fully saturated rings. The molecule has 0 atom stereocenters. The van der Waals surface area contributed by atoms with E-state index in [1.54, 1.807) is 29.2 Å². The van der Waals surface area contributed by atoms with Gasteiger partial charge in [-0.3, -0.25) is 14.4 Å². The molecule has 0 aliphatic carbocycles. The number of benzene rings is 1. The number of piperidine rings is 1. The van der Waals surface area contributed by atoms with Crippen molar-refractivity contribution < 1.29 is 19.1 Å². The average Bonchev–Trinajstić information content (AvgIpc) is 2.58. The van der Waals surface area contributed by atoms with Crippen molar-refractivity contribution in [2.45, 2.75) is 39.2 Å². The van der Waals surface area contributed by atoms with Crippen LogP contribution in [0.5, 0.6) is 0 Å². The number of carbonyl (C=O) groups is 3. The number of carbonyl (C=O) groups excluding carboxylic acids is 3. The first kappa shape index (κ1) is 20.2. The first-order valence-corrected chi connectivity index (χ1v) is 9.06. The minimum absolute atomic E-state index is 0.0713. The van der Waals surface area contributed by atoms with Crippen molar-refractivity contribution in [3.05, 3.63) is 34.9 Å². The molecule has 142 valence electrons. The van der Waals surface area contributed by atoms with E-state index in [1.807, 2.05) is 20.8 Å². The summed E-state index contributed by atoms with van der Waals surface area (Å²) >= 11 is 5.84. The Bertz CT molecular complexity index is 659. The third-order valence-corrected chi connectivity index (χ3v) is 4.32. The van der Waals surface area contributed by atoms with Gasteiger partial charge in [0.25, 0.3) is 11.8 Å². The Morgan fingerprint density at radius 2 is 1.73 bits per heavy atom. The van der Waals surface area contributed by atoms with Gasteiger partial charge in [-0.05, 0) is 57.9 Å². The molecule has 6 nitrogen and oxygen atoms in total. The predicted molar refractivity (Wildman–Crippen MR) is 98.9 cm³/mol. The van der Waals surface area contributed by atoms with Gasteiger partial charge in [-0.15, -0.1) is 0 Å². The van der Waals surface area contributed by atoms with Crippen LogP contribution >= 0.6 is 11.6 Å². The van der Waals surface area contributed by atoms with Crippen LogP contribution in [0, 0.1) is 5.92 Å². The van der Waals surface area contributed by atoms with Crippen LogP contribution in [0.3, 0.4) is 0 Å². The molecule has 26 heavy (non-hydrogen) atoms. The zero-order chi connectivity index (χ0) is 19.3. The molecule has 1 N–H and O–H groups in total. The first-order chi connectivity index (χ1) is 12.2. The lowest BCUT2D eigenvalue weighted by molar-refractivity contribution is -0.154. The fraction of sp³-hybridized carbons (Fsp3) is 0.526. The number of likely N-dealkylation sites (tertiary alicyclic amines) is 1. The Hall–Kier alpha value is -2.08. The maximum atomic E-state index is 12.4. The number of halogens is 1. The van der Waals surface area contributed by atoms with Crippen LogP contribution in [0.1, 0.15) is 44.0 Å². The maximum Gasteiger partial charge on any atom is 0.309 e. The molecular formula is C19H25ClN2O4. The molecule has 1 heterocycles. The summed E-state index contributed by atoms with van der Waals surface area (Å²) in [5, 5.41) is 3.33. The van der Waals surface area contributed by atoms with Gasteiger partial charge in [-0.25, -0.2) is 0 Å². The van der Waals surface area contributed by atoms with Gasteiger partial charge in [0.2, 0.25) is 0 Å². The number of hydrogen-bond donors (Lipinski definition) is 1. The summed E-state index contributed by atoms with van der Waals surface area (Å²) in [5.74, 6) is -1.06. The van der Waals surface area contributed by atoms with Crippen molar-refractivity contribution in [2.75, 3.05) is 19.7 Å². The fourth-order valence-electron chi connectivity index (χ4n) is 2.80. The highest BCUT2D eigenvalue weighted by molar-refractivity contribution is 6.30. The number of hydrogen-bond acceptors (Lipinski definition) is 4. The Balaban J connectivity index is 1.78. The molecule has 0 spiro atoms. The molecule has 1 aliphatic rings. The van der Waals surface area contributed by atoms with Crippen molar-refractivity contribution in [2.24, 2.45) is 5.92 Å². The summed E-state index contributed by atoms with van der Waals surface area (Å²) in [6.45, 7) is 6.27. The van der Waals surface area contributed by atoms with Crippen molar-refractivity contribution in [3.63, 3.8) is 0 Å². The number of ether oxygens (including phenoxy) is 1. The Morgan fingerprint density at radius 1 is 1.15 bits per heavy atom. The van der Waals surface area contributed by atoms with Crippen molar-refractivity contribution in [1.29, 1.82) is 0 Å². The topological polar surface area (TPSA) is 75.7 Å². The largest absolute Gasteiger partial charge is 0.455 e. The van der Waals surface area contributed by atoms with Gasteiger partial charge in [0.1, 0.15) is 0 Å². The van der Waals surface area contributed by atoms with E-state index in [-0.39, 0.29) is 35.8 Å². The zero-order valence-corrected chi connectivity index (χ0v) is 16.1. The zero-order valence-electron chi connectivity index (χ0n) is 15.4. The third kappa shape index (κ3) is 6.02. The Kier molecular flexibility index (Phi) is 6.64. The lowest BCUT2D eigenvalue weighted by Crippen LogP contribution is -2.44. The summed E-state index contributed by atoms with van der Waals surface area (Å²) in [7, 11) is 0. The van der Waals surface area contributed by atoms with Crippen LogP contribution in [0.4, 0.5) is 0 Å². The molecule has 1 aromatic rings. The van der Waals surface area contributed by atoms with Gasteiger partial charge in [-0.2, -0.15) is 0 Å². The van der Waals surface area contributed by atoms with E-state index in [2.05, 4.69) is 5.32 Å². The summed E-state index contributed by atoms with van der Waals surface area (Å²) in [6.07, 6.45) is 1.05. The second kappa shape index (κ2) is 8.54. The number of nitrogens with zero attached hydrogens (tertiary/aromatic N) is 1. The standard InChI is InChI=1S/C19H25ClN2O4/c1-19(2,3)21-16(23)12-26-18(25)14-8-10-22(11-9-14)17(24)13-4-6-15(20)7-5-13/h4-7,14H,8-12H2,1-3H3,(H,21,23). The van der Waals surface area contributed by atoms with Crippen LogP contribution < -0.4 is 5.32 Å². The van der Waals surface area contributed by atoms with Gasteiger partial charge in [0.05, 0.1) is 5.92 Å². The molecule has 1 saturated heterocycles. The molecule has 2 rings (SSSR count). The Morgan fingerprint density at radius 3 is 2.27 bits per heavy atom. The van der Waals surface area contributed by atoms with E-state index in [1.165, 1.54) is 0 Å². The molecule has 0 bridgehead atoms. The highest BCUT2D eigenvalue weighted by Gasteiger charge is 2.29.